The van der Waals surface area contributed by atoms with E-state index in [2.05, 4.69) is 0 Å². The van der Waals surface area contributed by atoms with Crippen LogP contribution in [-0.4, -0.2) is 0 Å². The molecule has 0 spiro atoms. The van der Waals surface area contributed by atoms with Gasteiger partial charge in [-0.2, -0.15) is 26.3 Å². The lowest BCUT2D eigenvalue weighted by Gasteiger charge is -2.28. The fourth-order valence-electron chi connectivity index (χ4n) is 2.21. The zero-order chi connectivity index (χ0) is 17.5. The number of hydrogen-bond acceptors (Lipinski definition) is 1. The highest BCUT2D eigenvalue weighted by Gasteiger charge is 2.38. The molecule has 124 valence electrons. The average molecular weight is 333 g/mol. The molecule has 0 heterocycles. The summed E-state index contributed by atoms with van der Waals surface area (Å²) in [5.74, 6) is 0. The molecule has 2 aromatic rings. The summed E-state index contributed by atoms with van der Waals surface area (Å²) in [6.07, 6.45) is -9.80. The molecule has 2 aromatic carbocycles. The average Bonchev–Trinajstić information content (AvgIpc) is 2.46. The van der Waals surface area contributed by atoms with Crippen LogP contribution in [0.4, 0.5) is 26.3 Å². The van der Waals surface area contributed by atoms with Crippen molar-refractivity contribution in [1.82, 2.24) is 0 Å². The highest BCUT2D eigenvalue weighted by atomic mass is 19.4. The van der Waals surface area contributed by atoms with Crippen LogP contribution in [-0.2, 0) is 17.9 Å². The fraction of sp³-hybridized carbons (Fsp3) is 0.250. The molecule has 0 saturated carbocycles. The number of alkyl halides is 6. The van der Waals surface area contributed by atoms with E-state index in [1.54, 1.807) is 30.3 Å². The van der Waals surface area contributed by atoms with Crippen LogP contribution in [0.1, 0.15) is 29.2 Å². The molecule has 0 amide bonds. The Balaban J connectivity index is 2.67. The first-order valence-electron chi connectivity index (χ1n) is 6.57. The Hall–Kier alpha value is -2.02. The molecule has 1 unspecified atom stereocenters. The minimum atomic E-state index is -4.90. The van der Waals surface area contributed by atoms with Crippen molar-refractivity contribution >= 4 is 0 Å². The van der Waals surface area contributed by atoms with Crippen molar-refractivity contribution in [2.75, 3.05) is 0 Å². The quantitative estimate of drug-likeness (QED) is 0.774. The monoisotopic (exact) mass is 333 g/mol. The first kappa shape index (κ1) is 17.3. The number of rotatable bonds is 2. The maximum absolute atomic E-state index is 12.9. The highest BCUT2D eigenvalue weighted by molar-refractivity contribution is 5.42. The lowest BCUT2D eigenvalue weighted by atomic mass is 9.84. The molecular formula is C16H13F6N. The normalized spacial score (nSPS) is 15.3. The Labute approximate surface area is 128 Å². The van der Waals surface area contributed by atoms with E-state index in [4.69, 9.17) is 5.73 Å². The summed E-state index contributed by atoms with van der Waals surface area (Å²) in [5, 5.41) is 0. The lowest BCUT2D eigenvalue weighted by Crippen LogP contribution is -2.35. The Morgan fingerprint density at radius 1 is 0.652 bits per heavy atom. The molecule has 1 atom stereocenters. The second-order valence-electron chi connectivity index (χ2n) is 5.36. The first-order valence-corrected chi connectivity index (χ1v) is 6.57. The summed E-state index contributed by atoms with van der Waals surface area (Å²) >= 11 is 0. The van der Waals surface area contributed by atoms with Crippen LogP contribution < -0.4 is 5.73 Å². The van der Waals surface area contributed by atoms with Crippen molar-refractivity contribution in [3.63, 3.8) is 0 Å². The van der Waals surface area contributed by atoms with E-state index in [0.717, 1.165) is 0 Å². The number of halogens is 6. The predicted octanol–water partition coefficient (Wildman–Crippen LogP) is 4.95. The summed E-state index contributed by atoms with van der Waals surface area (Å²) in [4.78, 5) is 0. The topological polar surface area (TPSA) is 26.0 Å². The molecule has 0 fully saturated rings. The zero-order valence-corrected chi connectivity index (χ0v) is 12.0. The van der Waals surface area contributed by atoms with E-state index in [1.807, 2.05) is 0 Å². The minimum absolute atomic E-state index is 0.0879. The van der Waals surface area contributed by atoms with E-state index in [0.29, 0.717) is 17.7 Å². The summed E-state index contributed by atoms with van der Waals surface area (Å²) in [5.41, 5.74) is 1.94. The first-order chi connectivity index (χ1) is 10.4. The van der Waals surface area contributed by atoms with Crippen LogP contribution in [0.3, 0.4) is 0 Å². The summed E-state index contributed by atoms with van der Waals surface area (Å²) < 4.78 is 77.5. The molecule has 2 rings (SSSR count). The summed E-state index contributed by atoms with van der Waals surface area (Å²) in [6, 6.07) is 9.39. The van der Waals surface area contributed by atoms with E-state index in [9.17, 15) is 26.3 Å². The van der Waals surface area contributed by atoms with Crippen LogP contribution >= 0.6 is 0 Å². The number of nitrogens with two attached hydrogens (primary N) is 1. The molecule has 7 heteroatoms. The van der Waals surface area contributed by atoms with Crippen LogP contribution in [0.2, 0.25) is 0 Å². The van der Waals surface area contributed by atoms with Crippen LogP contribution in [0.5, 0.6) is 0 Å². The van der Waals surface area contributed by atoms with E-state index >= 15 is 0 Å². The van der Waals surface area contributed by atoms with Gasteiger partial charge in [0, 0.05) is 0 Å². The third-order valence-corrected chi connectivity index (χ3v) is 3.56. The van der Waals surface area contributed by atoms with Gasteiger partial charge in [0.25, 0.3) is 0 Å². The molecule has 0 aliphatic rings. The van der Waals surface area contributed by atoms with Gasteiger partial charge >= 0.3 is 12.4 Å². The van der Waals surface area contributed by atoms with E-state index in [-0.39, 0.29) is 11.6 Å². The third kappa shape index (κ3) is 3.67. The third-order valence-electron chi connectivity index (χ3n) is 3.56. The Bertz CT molecular complexity index is 654. The van der Waals surface area contributed by atoms with Crippen molar-refractivity contribution < 1.29 is 26.3 Å². The molecule has 0 radical (unpaired) electrons. The highest BCUT2D eigenvalue weighted by Crippen LogP contribution is 2.39. The van der Waals surface area contributed by atoms with Gasteiger partial charge in [-0.15, -0.1) is 0 Å². The number of benzene rings is 2. The fourth-order valence-corrected chi connectivity index (χ4v) is 2.21. The lowest BCUT2D eigenvalue weighted by molar-refractivity contribution is -0.143. The van der Waals surface area contributed by atoms with Crippen LogP contribution in [0, 0.1) is 0 Å². The second kappa shape index (κ2) is 5.56. The largest absolute Gasteiger partial charge is 0.416 e. The molecule has 0 bridgehead atoms. The summed E-state index contributed by atoms with van der Waals surface area (Å²) in [6.45, 7) is 1.37. The van der Waals surface area contributed by atoms with Crippen molar-refractivity contribution in [2.24, 2.45) is 5.73 Å². The molecule has 2 N–H and O–H groups in total. The van der Waals surface area contributed by atoms with Crippen molar-refractivity contribution in [2.45, 2.75) is 24.8 Å². The van der Waals surface area contributed by atoms with Crippen LogP contribution in [0.25, 0.3) is 0 Å². The van der Waals surface area contributed by atoms with Crippen LogP contribution in [0.15, 0.2) is 48.5 Å². The van der Waals surface area contributed by atoms with Gasteiger partial charge in [0.2, 0.25) is 0 Å². The van der Waals surface area contributed by atoms with E-state index < -0.39 is 29.0 Å². The van der Waals surface area contributed by atoms with Gasteiger partial charge in [-0.25, -0.2) is 0 Å². The minimum Gasteiger partial charge on any atom is -0.318 e. The number of hydrogen-bond donors (Lipinski definition) is 1. The smallest absolute Gasteiger partial charge is 0.318 e. The van der Waals surface area contributed by atoms with Gasteiger partial charge in [-0.05, 0) is 36.2 Å². The predicted molar refractivity (Wildman–Crippen MR) is 73.5 cm³/mol. The maximum Gasteiger partial charge on any atom is 0.416 e. The van der Waals surface area contributed by atoms with Crippen molar-refractivity contribution in [3.05, 3.63) is 70.8 Å². The van der Waals surface area contributed by atoms with Gasteiger partial charge in [-0.3, -0.25) is 0 Å². The molecule has 0 aliphatic carbocycles. The molecule has 0 aliphatic heterocycles. The maximum atomic E-state index is 12.9. The van der Waals surface area contributed by atoms with Crippen molar-refractivity contribution in [3.8, 4) is 0 Å². The molecular weight excluding hydrogens is 320 g/mol. The molecule has 1 nitrogen and oxygen atoms in total. The SMILES string of the molecule is CC(N)(c1ccccc1)c1cc(C(F)(F)F)cc(C(F)(F)F)c1. The Morgan fingerprint density at radius 3 is 1.43 bits per heavy atom. The Morgan fingerprint density at radius 2 is 1.04 bits per heavy atom. The van der Waals surface area contributed by atoms with Gasteiger partial charge in [0.15, 0.2) is 0 Å². The van der Waals surface area contributed by atoms with Gasteiger partial charge in [0.1, 0.15) is 0 Å². The molecule has 23 heavy (non-hydrogen) atoms. The Kier molecular flexibility index (Phi) is 4.19. The zero-order valence-electron chi connectivity index (χ0n) is 12.0. The second-order valence-corrected chi connectivity index (χ2v) is 5.36. The van der Waals surface area contributed by atoms with Gasteiger partial charge in [-0.1, -0.05) is 30.3 Å². The van der Waals surface area contributed by atoms with Gasteiger partial charge in [0.05, 0.1) is 16.7 Å². The standard InChI is InChI=1S/C16H13F6N/c1-14(23,10-5-3-2-4-6-10)11-7-12(15(17,18)19)9-13(8-11)16(20,21)22/h2-9H,23H2,1H3. The van der Waals surface area contributed by atoms with Gasteiger partial charge < -0.3 is 5.73 Å². The molecule has 0 aromatic heterocycles. The van der Waals surface area contributed by atoms with E-state index in [1.165, 1.54) is 6.92 Å². The van der Waals surface area contributed by atoms with Crippen molar-refractivity contribution in [1.29, 1.82) is 0 Å². The summed E-state index contributed by atoms with van der Waals surface area (Å²) in [7, 11) is 0. The molecule has 0 saturated heterocycles.